The maximum Gasteiger partial charge on any atom is 0.0912 e. The summed E-state index contributed by atoms with van der Waals surface area (Å²) in [6, 6.07) is 8.27. The van der Waals surface area contributed by atoms with Gasteiger partial charge in [-0.2, -0.15) is 5.10 Å². The van der Waals surface area contributed by atoms with E-state index in [1.807, 2.05) is 17.8 Å². The lowest BCUT2D eigenvalue weighted by Gasteiger charge is -2.13. The number of aromatic nitrogens is 2. The van der Waals surface area contributed by atoms with E-state index in [4.69, 9.17) is 5.73 Å². The molecule has 0 saturated carbocycles. The number of rotatable bonds is 2. The molecule has 19 heavy (non-hydrogen) atoms. The fourth-order valence-electron chi connectivity index (χ4n) is 2.97. The van der Waals surface area contributed by atoms with Gasteiger partial charge in [0.05, 0.1) is 17.3 Å². The van der Waals surface area contributed by atoms with Gasteiger partial charge in [-0.15, -0.1) is 0 Å². The molecule has 0 fully saturated rings. The van der Waals surface area contributed by atoms with Crippen molar-refractivity contribution in [3.63, 3.8) is 0 Å². The van der Waals surface area contributed by atoms with Crippen LogP contribution in [0.1, 0.15) is 43.8 Å². The van der Waals surface area contributed by atoms with Crippen molar-refractivity contribution in [1.29, 1.82) is 0 Å². The van der Waals surface area contributed by atoms with Crippen LogP contribution in [-0.4, -0.2) is 9.78 Å². The molecule has 0 radical (unpaired) electrons. The van der Waals surface area contributed by atoms with E-state index in [0.717, 1.165) is 24.1 Å². The van der Waals surface area contributed by atoms with Crippen LogP contribution in [0.3, 0.4) is 0 Å². The Balaban J connectivity index is 2.01. The monoisotopic (exact) mass is 255 g/mol. The van der Waals surface area contributed by atoms with Crippen molar-refractivity contribution in [3.8, 4) is 0 Å². The third kappa shape index (κ3) is 2.30. The van der Waals surface area contributed by atoms with Gasteiger partial charge in [0.1, 0.15) is 0 Å². The minimum Gasteiger partial charge on any atom is -0.319 e. The zero-order chi connectivity index (χ0) is 13.2. The molecule has 1 aromatic heterocycles. The van der Waals surface area contributed by atoms with E-state index in [0.29, 0.717) is 0 Å². The SMILES string of the molecule is Cn1nc(C(N)C2=CCCCCC2)c2ccccc21. The maximum atomic E-state index is 6.47. The average Bonchev–Trinajstić information content (AvgIpc) is 2.64. The van der Waals surface area contributed by atoms with Crippen molar-refractivity contribution >= 4 is 10.9 Å². The lowest BCUT2D eigenvalue weighted by Crippen LogP contribution is -2.14. The summed E-state index contributed by atoms with van der Waals surface area (Å²) in [4.78, 5) is 0. The van der Waals surface area contributed by atoms with E-state index in [1.54, 1.807) is 0 Å². The fraction of sp³-hybridized carbons (Fsp3) is 0.438. The Bertz CT molecular complexity index is 609. The van der Waals surface area contributed by atoms with Gasteiger partial charge < -0.3 is 5.73 Å². The molecular formula is C16H21N3. The van der Waals surface area contributed by atoms with Crippen molar-refractivity contribution in [3.05, 3.63) is 41.6 Å². The first-order valence-electron chi connectivity index (χ1n) is 7.13. The van der Waals surface area contributed by atoms with E-state index < -0.39 is 0 Å². The lowest BCUT2D eigenvalue weighted by molar-refractivity contribution is 0.671. The fourth-order valence-corrected chi connectivity index (χ4v) is 2.97. The maximum absolute atomic E-state index is 6.47. The van der Waals surface area contributed by atoms with Crippen LogP contribution in [0.15, 0.2) is 35.9 Å². The van der Waals surface area contributed by atoms with Crippen molar-refractivity contribution in [2.45, 2.75) is 38.1 Å². The van der Waals surface area contributed by atoms with Crippen molar-refractivity contribution in [2.75, 3.05) is 0 Å². The lowest BCUT2D eigenvalue weighted by atomic mass is 9.98. The summed E-state index contributed by atoms with van der Waals surface area (Å²) >= 11 is 0. The van der Waals surface area contributed by atoms with Gasteiger partial charge >= 0.3 is 0 Å². The van der Waals surface area contributed by atoms with Gasteiger partial charge in [0, 0.05) is 12.4 Å². The van der Waals surface area contributed by atoms with Gasteiger partial charge in [0.25, 0.3) is 0 Å². The quantitative estimate of drug-likeness (QED) is 0.835. The van der Waals surface area contributed by atoms with E-state index in [9.17, 15) is 0 Å². The molecular weight excluding hydrogens is 234 g/mol. The first-order valence-corrected chi connectivity index (χ1v) is 7.13. The highest BCUT2D eigenvalue weighted by Crippen LogP contribution is 2.30. The number of fused-ring (bicyclic) bond motifs is 1. The van der Waals surface area contributed by atoms with E-state index in [1.165, 1.54) is 30.2 Å². The van der Waals surface area contributed by atoms with Crippen LogP contribution >= 0.6 is 0 Å². The summed E-state index contributed by atoms with van der Waals surface area (Å²) in [5.74, 6) is 0. The number of allylic oxidation sites excluding steroid dienone is 1. The zero-order valence-electron chi connectivity index (χ0n) is 11.5. The highest BCUT2D eigenvalue weighted by Gasteiger charge is 2.19. The molecule has 1 aliphatic rings. The highest BCUT2D eigenvalue weighted by atomic mass is 15.3. The Morgan fingerprint density at radius 3 is 2.95 bits per heavy atom. The predicted molar refractivity (Wildman–Crippen MR) is 78.8 cm³/mol. The Kier molecular flexibility index (Phi) is 3.38. The second kappa shape index (κ2) is 5.17. The smallest absolute Gasteiger partial charge is 0.0912 e. The van der Waals surface area contributed by atoms with Crippen molar-refractivity contribution in [1.82, 2.24) is 9.78 Å². The Morgan fingerprint density at radius 1 is 1.21 bits per heavy atom. The van der Waals surface area contributed by atoms with E-state index in [-0.39, 0.29) is 6.04 Å². The third-order valence-electron chi connectivity index (χ3n) is 4.06. The zero-order valence-corrected chi connectivity index (χ0v) is 11.5. The standard InChI is InChI=1S/C16H21N3/c1-19-14-11-7-6-10-13(14)16(18-19)15(17)12-8-4-2-3-5-9-12/h6-8,10-11,15H,2-5,9,17H2,1H3. The molecule has 3 heteroatoms. The van der Waals surface area contributed by atoms with Gasteiger partial charge in [-0.3, -0.25) is 4.68 Å². The number of benzene rings is 1. The molecule has 3 rings (SSSR count). The molecule has 0 amide bonds. The molecule has 100 valence electrons. The molecule has 2 N–H and O–H groups in total. The Labute approximate surface area is 114 Å². The minimum atomic E-state index is -0.0517. The van der Waals surface area contributed by atoms with Gasteiger partial charge in [-0.25, -0.2) is 0 Å². The Hall–Kier alpha value is -1.61. The first-order chi connectivity index (χ1) is 9.27. The molecule has 0 spiro atoms. The molecule has 0 bridgehead atoms. The third-order valence-corrected chi connectivity index (χ3v) is 4.06. The van der Waals surface area contributed by atoms with Crippen LogP contribution in [0, 0.1) is 0 Å². The largest absolute Gasteiger partial charge is 0.319 e. The van der Waals surface area contributed by atoms with Crippen LogP contribution in [0.25, 0.3) is 10.9 Å². The summed E-state index contributed by atoms with van der Waals surface area (Å²) in [5.41, 5.74) is 10.0. The van der Waals surface area contributed by atoms with Crippen LogP contribution < -0.4 is 5.73 Å². The summed E-state index contributed by atoms with van der Waals surface area (Å²) in [7, 11) is 1.99. The normalized spacial score (nSPS) is 18.1. The Morgan fingerprint density at radius 2 is 2.05 bits per heavy atom. The van der Waals surface area contributed by atoms with Crippen LogP contribution in [0.5, 0.6) is 0 Å². The van der Waals surface area contributed by atoms with Gasteiger partial charge in [0.15, 0.2) is 0 Å². The summed E-state index contributed by atoms with van der Waals surface area (Å²) < 4.78 is 1.93. The number of nitrogens with two attached hydrogens (primary N) is 1. The molecule has 1 atom stereocenters. The number of aryl methyl sites for hydroxylation is 1. The molecule has 3 nitrogen and oxygen atoms in total. The second-order valence-electron chi connectivity index (χ2n) is 5.38. The number of hydrogen-bond acceptors (Lipinski definition) is 2. The van der Waals surface area contributed by atoms with Gasteiger partial charge in [0.2, 0.25) is 0 Å². The number of hydrogen-bond donors (Lipinski definition) is 1. The highest BCUT2D eigenvalue weighted by molar-refractivity contribution is 5.82. The molecule has 2 aromatic rings. The van der Waals surface area contributed by atoms with Crippen molar-refractivity contribution in [2.24, 2.45) is 12.8 Å². The number of nitrogens with zero attached hydrogens (tertiary/aromatic N) is 2. The molecule has 1 heterocycles. The average molecular weight is 255 g/mol. The summed E-state index contributed by atoms with van der Waals surface area (Å²) in [6.45, 7) is 0. The van der Waals surface area contributed by atoms with Crippen molar-refractivity contribution < 1.29 is 0 Å². The van der Waals surface area contributed by atoms with Crippen LogP contribution in [-0.2, 0) is 7.05 Å². The topological polar surface area (TPSA) is 43.8 Å². The first kappa shape index (κ1) is 12.4. The summed E-state index contributed by atoms with van der Waals surface area (Å²) in [6.07, 6.45) is 8.47. The second-order valence-corrected chi connectivity index (χ2v) is 5.38. The van der Waals surface area contributed by atoms with Gasteiger partial charge in [-0.05, 0) is 31.7 Å². The molecule has 0 saturated heterocycles. The van der Waals surface area contributed by atoms with Crippen LogP contribution in [0.4, 0.5) is 0 Å². The molecule has 1 aliphatic carbocycles. The predicted octanol–water partition coefficient (Wildman–Crippen LogP) is 3.46. The summed E-state index contributed by atoms with van der Waals surface area (Å²) in [5, 5.41) is 5.83. The van der Waals surface area contributed by atoms with Gasteiger partial charge in [-0.1, -0.05) is 36.3 Å². The number of para-hydroxylation sites is 1. The minimum absolute atomic E-state index is 0.0517. The van der Waals surface area contributed by atoms with E-state index >= 15 is 0 Å². The molecule has 0 aliphatic heterocycles. The molecule has 1 unspecified atom stereocenters. The molecule has 1 aromatic carbocycles. The van der Waals surface area contributed by atoms with E-state index in [2.05, 4.69) is 29.4 Å². The van der Waals surface area contributed by atoms with Crippen LogP contribution in [0.2, 0.25) is 0 Å².